The molecule has 0 nitrogen and oxygen atoms in total. The van der Waals surface area contributed by atoms with E-state index in [0.717, 1.165) is 0 Å². The van der Waals surface area contributed by atoms with Crippen LogP contribution in [0, 0.1) is 0 Å². The molecule has 53 valence electrons. The fourth-order valence-electron chi connectivity index (χ4n) is 0. The van der Waals surface area contributed by atoms with Crippen LogP contribution in [-0.2, 0) is 0 Å². The van der Waals surface area contributed by atoms with Crippen LogP contribution in [0.25, 0.3) is 0 Å². The van der Waals surface area contributed by atoms with Crippen molar-refractivity contribution in [3.05, 3.63) is 0 Å². The molecule has 0 aliphatic carbocycles. The number of hydrogen-bond acceptors (Lipinski definition) is 0. The maximum atomic E-state index is 2.00. The highest BCUT2D eigenvalue weighted by Crippen LogP contribution is 1.36. The molecule has 0 spiro atoms. The van der Waals surface area contributed by atoms with E-state index in [0.29, 0.717) is 0 Å². The van der Waals surface area contributed by atoms with Gasteiger partial charge in [-0.2, -0.15) is 0 Å². The third-order valence-electron chi connectivity index (χ3n) is 0. The highest BCUT2D eigenvalue weighted by molar-refractivity contribution is 6.31. The first-order chi connectivity index (χ1) is 3.41. The SMILES string of the molecule is C.CC.CC.C[B]C. The van der Waals surface area contributed by atoms with E-state index in [4.69, 9.17) is 0 Å². The quantitative estimate of drug-likeness (QED) is 0.426. The first kappa shape index (κ1) is 24.4. The Morgan fingerprint density at radius 2 is 0.750 bits per heavy atom. The number of rotatable bonds is 0. The van der Waals surface area contributed by atoms with Crippen LogP contribution in [0.2, 0.25) is 13.6 Å². The lowest BCUT2D eigenvalue weighted by atomic mass is 9.88. The van der Waals surface area contributed by atoms with Gasteiger partial charge in [-0.05, 0) is 0 Å². The summed E-state index contributed by atoms with van der Waals surface area (Å²) in [7, 11) is 2.00. The van der Waals surface area contributed by atoms with Gasteiger partial charge in [-0.3, -0.25) is 0 Å². The van der Waals surface area contributed by atoms with Crippen LogP contribution in [0.15, 0.2) is 0 Å². The van der Waals surface area contributed by atoms with Crippen molar-refractivity contribution in [1.82, 2.24) is 0 Å². The molecule has 0 aromatic rings. The van der Waals surface area contributed by atoms with Crippen LogP contribution >= 0.6 is 0 Å². The van der Waals surface area contributed by atoms with E-state index >= 15 is 0 Å². The van der Waals surface area contributed by atoms with Crippen LogP contribution in [-0.4, -0.2) is 7.28 Å². The third-order valence-corrected chi connectivity index (χ3v) is 0. The van der Waals surface area contributed by atoms with E-state index in [1.54, 1.807) is 0 Å². The van der Waals surface area contributed by atoms with Crippen LogP contribution in [0.3, 0.4) is 0 Å². The Morgan fingerprint density at radius 1 is 0.750 bits per heavy atom. The Bertz CT molecular complexity index is 4.35. The minimum Gasteiger partial charge on any atom is -0.0922 e. The molecule has 0 bridgehead atoms. The summed E-state index contributed by atoms with van der Waals surface area (Å²) in [5.41, 5.74) is 0. The molecule has 0 fully saturated rings. The lowest BCUT2D eigenvalue weighted by Crippen LogP contribution is -1.53. The second-order valence-electron chi connectivity index (χ2n) is 0.577. The van der Waals surface area contributed by atoms with E-state index in [1.807, 2.05) is 48.6 Å². The van der Waals surface area contributed by atoms with Crippen molar-refractivity contribution in [2.45, 2.75) is 48.8 Å². The molecular formula is C7H22B. The molecule has 0 aliphatic heterocycles. The molecule has 0 saturated carbocycles. The molecule has 0 rings (SSSR count). The van der Waals surface area contributed by atoms with Crippen LogP contribution in [0.1, 0.15) is 35.1 Å². The van der Waals surface area contributed by atoms with Crippen LogP contribution < -0.4 is 0 Å². The van der Waals surface area contributed by atoms with Gasteiger partial charge in [0.1, 0.15) is 7.28 Å². The predicted molar refractivity (Wildman–Crippen MR) is 46.9 cm³/mol. The zero-order valence-electron chi connectivity index (χ0n) is 6.58. The highest BCUT2D eigenvalue weighted by atomic mass is 13.0. The van der Waals surface area contributed by atoms with Crippen molar-refractivity contribution in [3.63, 3.8) is 0 Å². The predicted octanol–water partition coefficient (Wildman–Crippen LogP) is 3.48. The van der Waals surface area contributed by atoms with Gasteiger partial charge in [0.15, 0.2) is 0 Å². The van der Waals surface area contributed by atoms with Crippen LogP contribution in [0.5, 0.6) is 0 Å². The minimum atomic E-state index is 0. The summed E-state index contributed by atoms with van der Waals surface area (Å²) in [4.78, 5) is 0. The Balaban J connectivity index is -0.0000000147. The number of hydrogen-bond donors (Lipinski definition) is 0. The zero-order chi connectivity index (χ0) is 6.71. The first-order valence-electron chi connectivity index (χ1n) is 3.15. The van der Waals surface area contributed by atoms with Gasteiger partial charge in [-0.25, -0.2) is 0 Å². The Labute approximate surface area is 56.9 Å². The van der Waals surface area contributed by atoms with Gasteiger partial charge >= 0.3 is 0 Å². The average molecular weight is 117 g/mol. The second-order valence-corrected chi connectivity index (χ2v) is 0.577. The fourth-order valence-corrected chi connectivity index (χ4v) is 0. The van der Waals surface area contributed by atoms with E-state index in [2.05, 4.69) is 0 Å². The summed E-state index contributed by atoms with van der Waals surface area (Å²) >= 11 is 0. The Morgan fingerprint density at radius 3 is 0.750 bits per heavy atom. The van der Waals surface area contributed by atoms with Gasteiger partial charge in [0, 0.05) is 0 Å². The minimum absolute atomic E-state index is 0. The van der Waals surface area contributed by atoms with Gasteiger partial charge < -0.3 is 0 Å². The van der Waals surface area contributed by atoms with Crippen molar-refractivity contribution in [2.75, 3.05) is 0 Å². The normalized spacial score (nSPS) is 3.25. The summed E-state index contributed by atoms with van der Waals surface area (Å²) in [5.74, 6) is 0. The average Bonchev–Trinajstić information content (AvgIpc) is 1.78. The van der Waals surface area contributed by atoms with Crippen molar-refractivity contribution in [1.29, 1.82) is 0 Å². The summed E-state index contributed by atoms with van der Waals surface area (Å²) in [6.07, 6.45) is 0. The lowest BCUT2D eigenvalue weighted by molar-refractivity contribution is 1.50. The summed E-state index contributed by atoms with van der Waals surface area (Å²) in [5, 5.41) is 0. The van der Waals surface area contributed by atoms with Gasteiger partial charge in [0.2, 0.25) is 0 Å². The molecule has 0 aliphatic rings. The maximum absolute atomic E-state index is 2.00. The zero-order valence-corrected chi connectivity index (χ0v) is 6.58. The third kappa shape index (κ3) is 36900. The van der Waals surface area contributed by atoms with E-state index in [-0.39, 0.29) is 7.43 Å². The highest BCUT2D eigenvalue weighted by Gasteiger charge is 1.42. The topological polar surface area (TPSA) is 0 Å². The molecule has 0 heterocycles. The van der Waals surface area contributed by atoms with E-state index in [9.17, 15) is 0 Å². The maximum Gasteiger partial charge on any atom is 0.102 e. The van der Waals surface area contributed by atoms with Crippen molar-refractivity contribution in [2.24, 2.45) is 0 Å². The Kier molecular flexibility index (Phi) is 698. The molecule has 1 heteroatoms. The lowest BCUT2D eigenvalue weighted by Gasteiger charge is -1.41. The molecule has 0 N–H and O–H groups in total. The monoisotopic (exact) mass is 117 g/mol. The summed E-state index contributed by atoms with van der Waals surface area (Å²) < 4.78 is 0. The Hall–Kier alpha value is 0.0649. The molecule has 0 amide bonds. The molecule has 8 heavy (non-hydrogen) atoms. The van der Waals surface area contributed by atoms with Crippen molar-refractivity contribution in [3.8, 4) is 0 Å². The van der Waals surface area contributed by atoms with Gasteiger partial charge in [0.25, 0.3) is 0 Å². The molecule has 0 saturated heterocycles. The van der Waals surface area contributed by atoms with Crippen LogP contribution in [0.4, 0.5) is 0 Å². The van der Waals surface area contributed by atoms with E-state index < -0.39 is 0 Å². The summed E-state index contributed by atoms with van der Waals surface area (Å²) in [6, 6.07) is 0. The first-order valence-corrected chi connectivity index (χ1v) is 3.15. The molecule has 1 radical (unpaired) electrons. The molecule has 0 aromatic heterocycles. The van der Waals surface area contributed by atoms with Crippen molar-refractivity contribution >= 4 is 7.28 Å². The molecular weight excluding hydrogens is 94.9 g/mol. The largest absolute Gasteiger partial charge is 0.102 e. The molecule has 0 aromatic carbocycles. The molecule has 0 atom stereocenters. The second kappa shape index (κ2) is 229. The smallest absolute Gasteiger partial charge is 0.0922 e. The van der Waals surface area contributed by atoms with Gasteiger partial charge in [-0.1, -0.05) is 48.8 Å². The standard InChI is InChI=1S/C2H6B.2C2H6.CH4/c1-3-2;2*1-2;/h1-2H3;2*1-2H3;1H4. The van der Waals surface area contributed by atoms with Gasteiger partial charge in [0.05, 0.1) is 0 Å². The fraction of sp³-hybridized carbons (Fsp3) is 1.00. The van der Waals surface area contributed by atoms with Crippen molar-refractivity contribution < 1.29 is 0 Å². The van der Waals surface area contributed by atoms with E-state index in [1.165, 1.54) is 0 Å². The molecule has 0 unspecified atom stereocenters. The summed E-state index contributed by atoms with van der Waals surface area (Å²) in [6.45, 7) is 12.0. The van der Waals surface area contributed by atoms with Gasteiger partial charge in [-0.15, -0.1) is 0 Å².